The number of hydrogen-bond donors (Lipinski definition) is 1. The van der Waals surface area contributed by atoms with Gasteiger partial charge >= 0.3 is 6.18 Å². The zero-order valence-electron chi connectivity index (χ0n) is 8.91. The highest BCUT2D eigenvalue weighted by Crippen LogP contribution is 2.32. The highest BCUT2D eigenvalue weighted by Gasteiger charge is 2.32. The summed E-state index contributed by atoms with van der Waals surface area (Å²) in [6.45, 7) is 0. The molecule has 0 bridgehead atoms. The van der Waals surface area contributed by atoms with Crippen molar-refractivity contribution >= 4 is 10.8 Å². The molecule has 0 saturated heterocycles. The number of hydrogen-bond acceptors (Lipinski definition) is 1. The molecule has 0 heterocycles. The van der Waals surface area contributed by atoms with E-state index < -0.39 is 18.7 Å². The summed E-state index contributed by atoms with van der Waals surface area (Å²) in [5, 5.41) is 11.1. The predicted octanol–water partition coefficient (Wildman–Crippen LogP) is 3.83. The Kier molecular flexibility index (Phi) is 3.07. The fourth-order valence-corrected chi connectivity index (χ4v) is 1.87. The maximum Gasteiger partial charge on any atom is 0.391 e. The lowest BCUT2D eigenvalue weighted by atomic mass is 9.99. The van der Waals surface area contributed by atoms with E-state index in [2.05, 4.69) is 0 Å². The van der Waals surface area contributed by atoms with Gasteiger partial charge < -0.3 is 5.11 Å². The fraction of sp³-hybridized carbons (Fsp3) is 0.231. The first-order valence-electron chi connectivity index (χ1n) is 5.20. The van der Waals surface area contributed by atoms with Crippen LogP contribution in [0.5, 0.6) is 0 Å². The van der Waals surface area contributed by atoms with Crippen molar-refractivity contribution in [3.8, 4) is 0 Å². The van der Waals surface area contributed by atoms with Crippen molar-refractivity contribution in [2.24, 2.45) is 0 Å². The number of rotatable bonds is 2. The van der Waals surface area contributed by atoms with Crippen LogP contribution in [-0.2, 0) is 0 Å². The van der Waals surface area contributed by atoms with Gasteiger partial charge in [0.1, 0.15) is 0 Å². The Balaban J connectivity index is 2.41. The Morgan fingerprint density at radius 2 is 1.65 bits per heavy atom. The first-order valence-corrected chi connectivity index (χ1v) is 5.20. The molecule has 17 heavy (non-hydrogen) atoms. The molecule has 0 fully saturated rings. The number of benzene rings is 2. The van der Waals surface area contributed by atoms with Crippen LogP contribution in [0.4, 0.5) is 13.2 Å². The Hall–Kier alpha value is -1.55. The molecule has 0 saturated carbocycles. The number of aliphatic hydroxyl groups excluding tert-OH is 1. The molecule has 0 spiro atoms. The van der Waals surface area contributed by atoms with Gasteiger partial charge in [-0.2, -0.15) is 13.2 Å². The minimum atomic E-state index is -4.36. The first kappa shape index (κ1) is 11.9. The summed E-state index contributed by atoms with van der Waals surface area (Å²) in [7, 11) is 0. The van der Waals surface area contributed by atoms with E-state index in [1.165, 1.54) is 6.07 Å². The highest BCUT2D eigenvalue weighted by molar-refractivity contribution is 5.85. The summed E-state index contributed by atoms with van der Waals surface area (Å²) >= 11 is 0. The number of alkyl halides is 3. The van der Waals surface area contributed by atoms with Gasteiger partial charge in [0, 0.05) is 0 Å². The second-order valence-corrected chi connectivity index (χ2v) is 3.90. The lowest BCUT2D eigenvalue weighted by Gasteiger charge is -2.15. The van der Waals surface area contributed by atoms with E-state index in [1.807, 2.05) is 6.07 Å². The Labute approximate surface area is 96.5 Å². The summed E-state index contributed by atoms with van der Waals surface area (Å²) in [6, 6.07) is 12.0. The average Bonchev–Trinajstić information content (AvgIpc) is 2.26. The lowest BCUT2D eigenvalue weighted by Crippen LogP contribution is -2.13. The first-order chi connectivity index (χ1) is 7.97. The maximum atomic E-state index is 12.2. The summed E-state index contributed by atoms with van der Waals surface area (Å²) in [5.74, 6) is 0. The summed E-state index contributed by atoms with van der Waals surface area (Å²) < 4.78 is 36.7. The average molecular weight is 240 g/mol. The quantitative estimate of drug-likeness (QED) is 0.845. The highest BCUT2D eigenvalue weighted by atomic mass is 19.4. The molecule has 4 heteroatoms. The van der Waals surface area contributed by atoms with E-state index in [-0.39, 0.29) is 0 Å². The molecule has 2 rings (SSSR count). The Morgan fingerprint density at radius 3 is 2.35 bits per heavy atom. The normalized spacial score (nSPS) is 13.9. The largest absolute Gasteiger partial charge is 0.391 e. The van der Waals surface area contributed by atoms with Crippen LogP contribution in [0.25, 0.3) is 10.8 Å². The molecular formula is C13H11F3O. The summed E-state index contributed by atoms with van der Waals surface area (Å²) in [4.78, 5) is 0. The Morgan fingerprint density at radius 1 is 1.00 bits per heavy atom. The van der Waals surface area contributed by atoms with Crippen LogP contribution in [0.2, 0.25) is 0 Å². The molecule has 1 N–H and O–H groups in total. The number of aliphatic hydroxyl groups is 1. The van der Waals surface area contributed by atoms with Crippen LogP contribution in [0.3, 0.4) is 0 Å². The maximum absolute atomic E-state index is 12.2. The van der Waals surface area contributed by atoms with Crippen LogP contribution in [0.15, 0.2) is 42.5 Å². The summed E-state index contributed by atoms with van der Waals surface area (Å²) in [5.41, 5.74) is 0.320. The predicted molar refractivity (Wildman–Crippen MR) is 59.6 cm³/mol. The molecule has 0 aliphatic rings. The molecule has 1 atom stereocenters. The standard InChI is InChI=1S/C13H11F3O/c14-13(15,16)8-12(17)11-7-3-5-9-4-1-2-6-10(9)11/h1-7,12,17H,8H2. The van der Waals surface area contributed by atoms with E-state index in [0.717, 1.165) is 5.39 Å². The molecule has 1 nitrogen and oxygen atoms in total. The second kappa shape index (κ2) is 4.37. The number of halogens is 3. The molecule has 0 amide bonds. The minimum absolute atomic E-state index is 0.320. The SMILES string of the molecule is OC(CC(F)(F)F)c1cccc2ccccc12. The Bertz CT molecular complexity index is 514. The molecule has 90 valence electrons. The van der Waals surface area contributed by atoms with Crippen LogP contribution in [0.1, 0.15) is 18.1 Å². The van der Waals surface area contributed by atoms with Gasteiger partial charge in [0.15, 0.2) is 0 Å². The third kappa shape index (κ3) is 2.77. The fourth-order valence-electron chi connectivity index (χ4n) is 1.87. The number of fused-ring (bicyclic) bond motifs is 1. The monoisotopic (exact) mass is 240 g/mol. The van der Waals surface area contributed by atoms with Gasteiger partial charge in [0.05, 0.1) is 12.5 Å². The van der Waals surface area contributed by atoms with Crippen LogP contribution < -0.4 is 0 Å². The topological polar surface area (TPSA) is 20.2 Å². The molecule has 2 aromatic rings. The van der Waals surface area contributed by atoms with E-state index in [0.29, 0.717) is 10.9 Å². The molecule has 2 aromatic carbocycles. The van der Waals surface area contributed by atoms with Crippen LogP contribution in [-0.4, -0.2) is 11.3 Å². The second-order valence-electron chi connectivity index (χ2n) is 3.90. The molecule has 0 aromatic heterocycles. The van der Waals surface area contributed by atoms with E-state index in [4.69, 9.17) is 0 Å². The molecule has 0 aliphatic heterocycles. The summed E-state index contributed by atoms with van der Waals surface area (Å²) in [6.07, 6.45) is -7.10. The lowest BCUT2D eigenvalue weighted by molar-refractivity contribution is -0.154. The van der Waals surface area contributed by atoms with Crippen LogP contribution >= 0.6 is 0 Å². The minimum Gasteiger partial charge on any atom is -0.388 e. The van der Waals surface area contributed by atoms with E-state index in [9.17, 15) is 18.3 Å². The van der Waals surface area contributed by atoms with Crippen molar-refractivity contribution in [3.05, 3.63) is 48.0 Å². The van der Waals surface area contributed by atoms with Crippen molar-refractivity contribution in [2.45, 2.75) is 18.7 Å². The third-order valence-corrected chi connectivity index (χ3v) is 2.61. The van der Waals surface area contributed by atoms with Gasteiger partial charge in [-0.1, -0.05) is 42.5 Å². The van der Waals surface area contributed by atoms with Gasteiger partial charge in [0.25, 0.3) is 0 Å². The molecule has 1 unspecified atom stereocenters. The molecule has 0 radical (unpaired) electrons. The van der Waals surface area contributed by atoms with Gasteiger partial charge in [-0.3, -0.25) is 0 Å². The van der Waals surface area contributed by atoms with Crippen LogP contribution in [0, 0.1) is 0 Å². The molecule has 0 aliphatic carbocycles. The van der Waals surface area contributed by atoms with Gasteiger partial charge in [-0.25, -0.2) is 0 Å². The van der Waals surface area contributed by atoms with Gasteiger partial charge in [0.2, 0.25) is 0 Å². The van der Waals surface area contributed by atoms with E-state index >= 15 is 0 Å². The van der Waals surface area contributed by atoms with E-state index in [1.54, 1.807) is 30.3 Å². The van der Waals surface area contributed by atoms with Crippen molar-refractivity contribution in [1.29, 1.82) is 0 Å². The third-order valence-electron chi connectivity index (χ3n) is 2.61. The molecular weight excluding hydrogens is 229 g/mol. The van der Waals surface area contributed by atoms with Gasteiger partial charge in [-0.15, -0.1) is 0 Å². The van der Waals surface area contributed by atoms with Crippen molar-refractivity contribution in [3.63, 3.8) is 0 Å². The zero-order valence-corrected chi connectivity index (χ0v) is 8.91. The van der Waals surface area contributed by atoms with Crippen molar-refractivity contribution < 1.29 is 18.3 Å². The van der Waals surface area contributed by atoms with Gasteiger partial charge in [-0.05, 0) is 16.3 Å². The smallest absolute Gasteiger partial charge is 0.388 e. The van der Waals surface area contributed by atoms with Crippen molar-refractivity contribution in [2.75, 3.05) is 0 Å². The zero-order chi connectivity index (χ0) is 12.5. The van der Waals surface area contributed by atoms with Crippen molar-refractivity contribution in [1.82, 2.24) is 0 Å².